The van der Waals surface area contributed by atoms with Gasteiger partial charge >= 0.3 is 8.46 Å². The van der Waals surface area contributed by atoms with Crippen molar-refractivity contribution >= 4 is 13.8 Å². The second-order valence-electron chi connectivity index (χ2n) is 1.85. The van der Waals surface area contributed by atoms with Crippen LogP contribution in [0.1, 0.15) is 0 Å². The SMILES string of the molecule is O=[PH+]c1c(F)cc(F)cc1F. The van der Waals surface area contributed by atoms with E-state index in [4.69, 9.17) is 0 Å². The Kier molecular flexibility index (Phi) is 2.25. The molecule has 0 spiro atoms. The molecule has 0 aromatic heterocycles. The Balaban J connectivity index is 3.36. The molecule has 0 radical (unpaired) electrons. The summed E-state index contributed by atoms with van der Waals surface area (Å²) in [6, 6.07) is 0.979. The third kappa shape index (κ3) is 1.57. The quantitative estimate of drug-likeness (QED) is 0.600. The Morgan fingerprint density at radius 2 is 1.55 bits per heavy atom. The summed E-state index contributed by atoms with van der Waals surface area (Å²) in [5.74, 6) is -3.24. The van der Waals surface area contributed by atoms with Gasteiger partial charge in [-0.1, -0.05) is 4.57 Å². The second kappa shape index (κ2) is 3.01. The molecule has 0 aliphatic rings. The molecule has 11 heavy (non-hydrogen) atoms. The first kappa shape index (κ1) is 8.21. The lowest BCUT2D eigenvalue weighted by Crippen LogP contribution is -2.05. The van der Waals surface area contributed by atoms with Crippen LogP contribution in [-0.2, 0) is 4.57 Å². The number of hydrogen-bond acceptors (Lipinski definition) is 1. The van der Waals surface area contributed by atoms with Gasteiger partial charge in [0.25, 0.3) is 5.30 Å². The fourth-order valence-corrected chi connectivity index (χ4v) is 0.979. The number of hydrogen-bond donors (Lipinski definition) is 0. The van der Waals surface area contributed by atoms with Gasteiger partial charge in [-0.15, -0.1) is 0 Å². The first-order chi connectivity index (χ1) is 5.15. The average Bonchev–Trinajstić information content (AvgIpc) is 1.85. The van der Waals surface area contributed by atoms with Crippen molar-refractivity contribution in [3.63, 3.8) is 0 Å². The molecule has 1 aromatic rings. The topological polar surface area (TPSA) is 17.1 Å². The van der Waals surface area contributed by atoms with Gasteiger partial charge in [0.15, 0.2) is 11.6 Å². The van der Waals surface area contributed by atoms with Crippen molar-refractivity contribution < 1.29 is 17.7 Å². The Labute approximate surface area is 62.0 Å². The Hall–Kier alpha value is -0.890. The molecule has 0 amide bonds. The van der Waals surface area contributed by atoms with Crippen LogP contribution in [0.4, 0.5) is 13.2 Å². The average molecular weight is 179 g/mol. The van der Waals surface area contributed by atoms with Crippen LogP contribution in [0.15, 0.2) is 12.1 Å². The molecule has 0 saturated carbocycles. The van der Waals surface area contributed by atoms with E-state index in [2.05, 4.69) is 0 Å². The monoisotopic (exact) mass is 179 g/mol. The van der Waals surface area contributed by atoms with Crippen LogP contribution < -0.4 is 5.30 Å². The van der Waals surface area contributed by atoms with E-state index in [1.165, 1.54) is 0 Å². The van der Waals surface area contributed by atoms with Crippen LogP contribution in [0, 0.1) is 17.5 Å². The maximum atomic E-state index is 12.4. The zero-order valence-corrected chi connectivity index (χ0v) is 6.20. The molecule has 0 heterocycles. The minimum absolute atomic E-state index is 0.489. The normalized spacial score (nSPS) is 10.5. The van der Waals surface area contributed by atoms with E-state index < -0.39 is 31.2 Å². The highest BCUT2D eigenvalue weighted by atomic mass is 31.1. The summed E-state index contributed by atoms with van der Waals surface area (Å²) >= 11 is 0. The number of rotatable bonds is 1. The largest absolute Gasteiger partial charge is 0.369 e. The zero-order valence-electron chi connectivity index (χ0n) is 5.20. The van der Waals surface area contributed by atoms with Gasteiger partial charge in [0, 0.05) is 12.1 Å². The molecule has 0 saturated heterocycles. The smallest absolute Gasteiger partial charge is 0.207 e. The first-order valence-corrected chi connectivity index (χ1v) is 3.58. The van der Waals surface area contributed by atoms with Gasteiger partial charge in [-0.2, -0.15) is 0 Å². The summed E-state index contributed by atoms with van der Waals surface area (Å²) in [5.41, 5.74) is 0. The molecule has 0 aliphatic carbocycles. The fourth-order valence-electron chi connectivity index (χ4n) is 0.640. The van der Waals surface area contributed by atoms with E-state index in [0.717, 1.165) is 0 Å². The van der Waals surface area contributed by atoms with Gasteiger partial charge in [-0.05, 0) is 0 Å². The van der Waals surface area contributed by atoms with E-state index in [0.29, 0.717) is 12.1 Å². The summed E-state index contributed by atoms with van der Waals surface area (Å²) < 4.78 is 47.2. The number of benzene rings is 1. The Bertz CT molecular complexity index is 277. The summed E-state index contributed by atoms with van der Waals surface area (Å²) in [7, 11) is -1.24. The molecule has 0 bridgehead atoms. The summed E-state index contributed by atoms with van der Waals surface area (Å²) in [6.45, 7) is 0. The van der Waals surface area contributed by atoms with Crippen LogP contribution in [0.5, 0.6) is 0 Å². The van der Waals surface area contributed by atoms with Gasteiger partial charge in [0.05, 0.1) is 0 Å². The lowest BCUT2D eigenvalue weighted by atomic mass is 10.3. The molecule has 0 fully saturated rings. The maximum Gasteiger partial charge on any atom is 0.369 e. The molecule has 1 aromatic carbocycles. The predicted molar refractivity (Wildman–Crippen MR) is 35.0 cm³/mol. The van der Waals surface area contributed by atoms with Crippen molar-refractivity contribution in [1.82, 2.24) is 0 Å². The highest BCUT2D eigenvalue weighted by Crippen LogP contribution is 2.09. The Morgan fingerprint density at radius 3 is 1.91 bits per heavy atom. The summed E-state index contributed by atoms with van der Waals surface area (Å²) in [4.78, 5) is 0. The van der Waals surface area contributed by atoms with Crippen molar-refractivity contribution in [2.24, 2.45) is 0 Å². The van der Waals surface area contributed by atoms with Gasteiger partial charge in [-0.25, -0.2) is 13.2 Å². The molecule has 1 unspecified atom stereocenters. The first-order valence-electron chi connectivity index (χ1n) is 2.68. The highest BCUT2D eigenvalue weighted by Gasteiger charge is 2.17. The number of halogens is 3. The van der Waals surface area contributed by atoms with Gasteiger partial charge < -0.3 is 0 Å². The van der Waals surface area contributed by atoms with Crippen LogP contribution in [0.25, 0.3) is 0 Å². The standard InChI is InChI=1S/C6H2F3OP/c7-3-1-4(8)6(11-10)5(9)2-3/h1-2H/p+1. The third-order valence-electron chi connectivity index (χ3n) is 1.11. The predicted octanol–water partition coefficient (Wildman–Crippen LogP) is 1.75. The van der Waals surface area contributed by atoms with Crippen molar-refractivity contribution in [3.05, 3.63) is 29.6 Å². The van der Waals surface area contributed by atoms with E-state index in [-0.39, 0.29) is 0 Å². The Morgan fingerprint density at radius 1 is 1.09 bits per heavy atom. The fraction of sp³-hybridized carbons (Fsp3) is 0. The maximum absolute atomic E-state index is 12.4. The third-order valence-corrected chi connectivity index (χ3v) is 1.79. The highest BCUT2D eigenvalue weighted by molar-refractivity contribution is 7.34. The van der Waals surface area contributed by atoms with Crippen LogP contribution in [0.2, 0.25) is 0 Å². The van der Waals surface area contributed by atoms with Crippen LogP contribution in [0.3, 0.4) is 0 Å². The van der Waals surface area contributed by atoms with E-state index >= 15 is 0 Å². The zero-order chi connectivity index (χ0) is 8.43. The van der Waals surface area contributed by atoms with E-state index in [9.17, 15) is 17.7 Å². The lowest BCUT2D eigenvalue weighted by Gasteiger charge is -1.89. The minimum Gasteiger partial charge on any atom is -0.207 e. The van der Waals surface area contributed by atoms with Crippen molar-refractivity contribution in [2.75, 3.05) is 0 Å². The van der Waals surface area contributed by atoms with E-state index in [1.54, 1.807) is 0 Å². The summed E-state index contributed by atoms with van der Waals surface area (Å²) in [5, 5.41) is -0.591. The molecule has 0 aliphatic heterocycles. The molecular formula is C6H3F3OP+. The van der Waals surface area contributed by atoms with Crippen LogP contribution in [-0.4, -0.2) is 0 Å². The van der Waals surface area contributed by atoms with Gasteiger partial charge in [0.1, 0.15) is 5.82 Å². The van der Waals surface area contributed by atoms with Gasteiger partial charge in [-0.3, -0.25) is 0 Å². The van der Waals surface area contributed by atoms with Crippen molar-refractivity contribution in [1.29, 1.82) is 0 Å². The molecule has 58 valence electrons. The molecule has 1 atom stereocenters. The molecular weight excluding hydrogens is 176 g/mol. The molecule has 5 heteroatoms. The summed E-state index contributed by atoms with van der Waals surface area (Å²) in [6.07, 6.45) is 0. The lowest BCUT2D eigenvalue weighted by molar-refractivity contribution is 0.551. The minimum atomic E-state index is -1.24. The molecule has 1 rings (SSSR count). The molecule has 0 N–H and O–H groups in total. The van der Waals surface area contributed by atoms with Gasteiger partial charge in [0.2, 0.25) is 0 Å². The second-order valence-corrected chi connectivity index (χ2v) is 2.55. The van der Waals surface area contributed by atoms with E-state index in [1.807, 2.05) is 0 Å². The van der Waals surface area contributed by atoms with Crippen molar-refractivity contribution in [2.45, 2.75) is 0 Å². The molecule has 1 nitrogen and oxygen atoms in total. The van der Waals surface area contributed by atoms with Crippen LogP contribution >= 0.6 is 8.46 Å². The van der Waals surface area contributed by atoms with Crippen molar-refractivity contribution in [3.8, 4) is 0 Å².